The number of aryl methyl sites for hydroxylation is 2. The van der Waals surface area contributed by atoms with Gasteiger partial charge in [-0.2, -0.15) is 5.10 Å². The van der Waals surface area contributed by atoms with Gasteiger partial charge in [-0.25, -0.2) is 4.63 Å². The van der Waals surface area contributed by atoms with Crippen LogP contribution in [0.25, 0.3) is 0 Å². The van der Waals surface area contributed by atoms with Crippen LogP contribution in [-0.2, 0) is 6.54 Å². The van der Waals surface area contributed by atoms with Crippen LogP contribution in [0, 0.1) is 30.9 Å². The topological polar surface area (TPSA) is 99.9 Å². The molecule has 0 atom stereocenters. The van der Waals surface area contributed by atoms with Gasteiger partial charge in [-0.05, 0) is 20.8 Å². The van der Waals surface area contributed by atoms with E-state index in [4.69, 9.17) is 0 Å². The average molecular weight is 237 g/mol. The zero-order chi connectivity index (χ0) is 12.6. The fourth-order valence-corrected chi connectivity index (χ4v) is 1.64. The van der Waals surface area contributed by atoms with Crippen molar-refractivity contribution in [3.63, 3.8) is 0 Å². The molecule has 0 aliphatic rings. The molecule has 2 rings (SSSR count). The second-order valence-corrected chi connectivity index (χ2v) is 3.73. The first kappa shape index (κ1) is 11.2. The maximum atomic E-state index is 10.8. The maximum Gasteiger partial charge on any atom is 0.312 e. The van der Waals surface area contributed by atoms with Crippen molar-refractivity contribution in [2.75, 3.05) is 0 Å². The van der Waals surface area contributed by atoms with Gasteiger partial charge in [-0.1, -0.05) is 10.3 Å². The third-order valence-electron chi connectivity index (χ3n) is 2.57. The van der Waals surface area contributed by atoms with Gasteiger partial charge in [0.25, 0.3) is 0 Å². The van der Waals surface area contributed by atoms with E-state index in [1.54, 1.807) is 20.8 Å². The highest BCUT2D eigenvalue weighted by atomic mass is 16.6. The highest BCUT2D eigenvalue weighted by Gasteiger charge is 2.22. The van der Waals surface area contributed by atoms with E-state index in [2.05, 4.69) is 20.0 Å². The minimum atomic E-state index is -0.429. The zero-order valence-electron chi connectivity index (χ0n) is 9.67. The quantitative estimate of drug-likeness (QED) is 0.586. The van der Waals surface area contributed by atoms with Crippen molar-refractivity contribution < 1.29 is 9.55 Å². The van der Waals surface area contributed by atoms with Gasteiger partial charge in [0, 0.05) is 0 Å². The summed E-state index contributed by atoms with van der Waals surface area (Å²) in [5.41, 5.74) is 2.20. The van der Waals surface area contributed by atoms with Crippen molar-refractivity contribution in [3.05, 3.63) is 32.9 Å². The smallest absolute Gasteiger partial charge is 0.258 e. The lowest BCUT2D eigenvalue weighted by molar-refractivity contribution is -0.386. The van der Waals surface area contributed by atoms with Gasteiger partial charge in [0.15, 0.2) is 0 Å². The van der Waals surface area contributed by atoms with E-state index in [9.17, 15) is 10.1 Å². The van der Waals surface area contributed by atoms with E-state index >= 15 is 0 Å². The molecule has 0 spiro atoms. The van der Waals surface area contributed by atoms with Gasteiger partial charge >= 0.3 is 5.69 Å². The van der Waals surface area contributed by atoms with Crippen molar-refractivity contribution >= 4 is 5.69 Å². The molecule has 0 aromatic carbocycles. The Morgan fingerprint density at radius 1 is 1.29 bits per heavy atom. The summed E-state index contributed by atoms with van der Waals surface area (Å²) in [5.74, 6) is 0. The summed E-state index contributed by atoms with van der Waals surface area (Å²) in [5, 5.41) is 22.3. The molecule has 2 aromatic rings. The van der Waals surface area contributed by atoms with E-state index in [0.29, 0.717) is 29.3 Å². The second kappa shape index (κ2) is 3.96. The highest BCUT2D eigenvalue weighted by Crippen LogP contribution is 2.22. The standard InChI is InChI=1S/C9H11N5O3/c1-5-8(12-17-11-5)4-13-7(3)9(14(15)16)6(2)10-13/h4H2,1-3H3. The number of hydrogen-bond acceptors (Lipinski definition) is 6. The van der Waals surface area contributed by atoms with Crippen LogP contribution in [0.2, 0.25) is 0 Å². The Kier molecular flexibility index (Phi) is 2.62. The molecule has 2 heterocycles. The third-order valence-corrected chi connectivity index (χ3v) is 2.57. The van der Waals surface area contributed by atoms with Crippen molar-refractivity contribution in [2.45, 2.75) is 27.3 Å². The Bertz CT molecular complexity index is 571. The first-order valence-electron chi connectivity index (χ1n) is 4.97. The van der Waals surface area contributed by atoms with Crippen LogP contribution in [0.15, 0.2) is 4.63 Å². The monoisotopic (exact) mass is 237 g/mol. The highest BCUT2D eigenvalue weighted by molar-refractivity contribution is 5.39. The van der Waals surface area contributed by atoms with Gasteiger partial charge in [0.05, 0.1) is 11.5 Å². The predicted molar refractivity (Wildman–Crippen MR) is 56.5 cm³/mol. The zero-order valence-corrected chi connectivity index (χ0v) is 9.67. The number of aromatic nitrogens is 4. The maximum absolute atomic E-state index is 10.8. The molecule has 0 unspecified atom stereocenters. The van der Waals surface area contributed by atoms with Gasteiger partial charge in [-0.3, -0.25) is 14.8 Å². The fourth-order valence-electron chi connectivity index (χ4n) is 1.64. The van der Waals surface area contributed by atoms with E-state index in [1.807, 2.05) is 0 Å². The lowest BCUT2D eigenvalue weighted by Crippen LogP contribution is -2.05. The number of nitro groups is 1. The van der Waals surface area contributed by atoms with Gasteiger partial charge in [0.1, 0.15) is 22.8 Å². The Hall–Kier alpha value is -2.25. The summed E-state index contributed by atoms with van der Waals surface area (Å²) in [6, 6.07) is 0. The molecule has 2 aromatic heterocycles. The van der Waals surface area contributed by atoms with Crippen LogP contribution in [0.1, 0.15) is 22.8 Å². The largest absolute Gasteiger partial charge is 0.312 e. The van der Waals surface area contributed by atoms with Gasteiger partial charge in [-0.15, -0.1) is 0 Å². The molecular formula is C9H11N5O3. The molecule has 8 nitrogen and oxygen atoms in total. The summed E-state index contributed by atoms with van der Waals surface area (Å²) in [7, 11) is 0. The Morgan fingerprint density at radius 2 is 2.00 bits per heavy atom. The van der Waals surface area contributed by atoms with E-state index in [0.717, 1.165) is 0 Å². The molecule has 0 aliphatic carbocycles. The lowest BCUT2D eigenvalue weighted by Gasteiger charge is -1.99. The SMILES string of the molecule is Cc1nonc1Cn1nc(C)c([N+](=O)[O-])c1C. The normalized spacial score (nSPS) is 10.8. The summed E-state index contributed by atoms with van der Waals surface area (Å²) in [4.78, 5) is 10.4. The summed E-state index contributed by atoms with van der Waals surface area (Å²) in [6.07, 6.45) is 0. The first-order chi connectivity index (χ1) is 8.00. The predicted octanol–water partition coefficient (Wildman–Crippen LogP) is 1.15. The van der Waals surface area contributed by atoms with Gasteiger partial charge < -0.3 is 0 Å². The van der Waals surface area contributed by atoms with Crippen LogP contribution >= 0.6 is 0 Å². The van der Waals surface area contributed by atoms with Gasteiger partial charge in [0.2, 0.25) is 0 Å². The average Bonchev–Trinajstić information content (AvgIpc) is 2.73. The molecule has 8 heteroatoms. The molecule has 0 saturated carbocycles. The van der Waals surface area contributed by atoms with E-state index in [1.165, 1.54) is 4.68 Å². The van der Waals surface area contributed by atoms with E-state index < -0.39 is 4.92 Å². The Labute approximate surface area is 96.3 Å². The fraction of sp³-hybridized carbons (Fsp3) is 0.444. The summed E-state index contributed by atoms with van der Waals surface area (Å²) in [6.45, 7) is 5.33. The number of hydrogen-bond donors (Lipinski definition) is 0. The Balaban J connectivity index is 2.38. The lowest BCUT2D eigenvalue weighted by atomic mass is 10.3. The molecular weight excluding hydrogens is 226 g/mol. The van der Waals surface area contributed by atoms with Crippen LogP contribution in [0.4, 0.5) is 5.69 Å². The molecule has 0 bridgehead atoms. The number of rotatable bonds is 3. The van der Waals surface area contributed by atoms with Crippen molar-refractivity contribution in [1.29, 1.82) is 0 Å². The second-order valence-electron chi connectivity index (χ2n) is 3.73. The third kappa shape index (κ3) is 1.88. The van der Waals surface area contributed by atoms with Crippen LogP contribution < -0.4 is 0 Å². The molecule has 0 fully saturated rings. The minimum Gasteiger partial charge on any atom is -0.258 e. The van der Waals surface area contributed by atoms with Crippen LogP contribution in [0.3, 0.4) is 0 Å². The van der Waals surface area contributed by atoms with Crippen molar-refractivity contribution in [1.82, 2.24) is 20.1 Å². The minimum absolute atomic E-state index is 0.0408. The van der Waals surface area contributed by atoms with Crippen LogP contribution in [-0.4, -0.2) is 25.0 Å². The molecule has 0 N–H and O–H groups in total. The molecule has 0 saturated heterocycles. The molecule has 90 valence electrons. The summed E-state index contributed by atoms with van der Waals surface area (Å²) >= 11 is 0. The Morgan fingerprint density at radius 3 is 2.47 bits per heavy atom. The first-order valence-corrected chi connectivity index (χ1v) is 4.97. The summed E-state index contributed by atoms with van der Waals surface area (Å²) < 4.78 is 6.09. The number of nitrogens with zero attached hydrogens (tertiary/aromatic N) is 5. The molecule has 17 heavy (non-hydrogen) atoms. The molecule has 0 amide bonds. The van der Waals surface area contributed by atoms with Crippen molar-refractivity contribution in [2.24, 2.45) is 0 Å². The van der Waals surface area contributed by atoms with E-state index in [-0.39, 0.29) is 5.69 Å². The van der Waals surface area contributed by atoms with Crippen LogP contribution in [0.5, 0.6) is 0 Å². The van der Waals surface area contributed by atoms with Crippen molar-refractivity contribution in [3.8, 4) is 0 Å². The molecule has 0 aliphatic heterocycles. The molecule has 0 radical (unpaired) electrons.